The maximum Gasteiger partial charge on any atom is 0.239 e. The number of anilines is 1. The maximum atomic E-state index is 11.9. The number of amides is 1. The molecule has 1 aliphatic heterocycles. The highest BCUT2D eigenvalue weighted by atomic mass is 32.2. The lowest BCUT2D eigenvalue weighted by Crippen LogP contribution is -2.36. The van der Waals surface area contributed by atoms with E-state index in [0.717, 1.165) is 23.4 Å². The number of rotatable bonds is 2. The molecular formula is C14H17NO2S. The monoisotopic (exact) mass is 263 g/mol. The molecule has 1 aromatic carbocycles. The summed E-state index contributed by atoms with van der Waals surface area (Å²) in [4.78, 5) is 14.8. The summed E-state index contributed by atoms with van der Waals surface area (Å²) in [6.45, 7) is 2.17. The van der Waals surface area contributed by atoms with E-state index >= 15 is 0 Å². The SMILES string of the molecule is CC1Sc2cc(C3(CO)CC3)ccc2N(C)C1=O. The quantitative estimate of drug-likeness (QED) is 0.889. The standard InChI is InChI=1S/C14H17NO2S/c1-9-13(17)15(2)11-4-3-10(7-12(11)18-9)14(8-16)5-6-14/h3-4,7,9,16H,5-6,8H2,1-2H3. The number of benzene rings is 1. The third kappa shape index (κ3) is 1.67. The molecule has 1 fully saturated rings. The largest absolute Gasteiger partial charge is 0.395 e. The molecule has 1 saturated carbocycles. The molecule has 4 heteroatoms. The molecule has 3 nitrogen and oxygen atoms in total. The predicted octanol–water partition coefficient (Wildman–Crippen LogP) is 2.17. The molecular weight excluding hydrogens is 246 g/mol. The van der Waals surface area contributed by atoms with Crippen LogP contribution in [0.1, 0.15) is 25.3 Å². The first-order valence-corrected chi connectivity index (χ1v) is 7.15. The lowest BCUT2D eigenvalue weighted by Gasteiger charge is -2.30. The van der Waals surface area contributed by atoms with Crippen molar-refractivity contribution in [1.82, 2.24) is 0 Å². The first-order valence-electron chi connectivity index (χ1n) is 6.27. The molecule has 1 N–H and O–H groups in total. The minimum Gasteiger partial charge on any atom is -0.395 e. The Morgan fingerprint density at radius 1 is 1.50 bits per heavy atom. The minimum absolute atomic E-state index is 0.00114. The topological polar surface area (TPSA) is 40.5 Å². The number of hydrogen-bond donors (Lipinski definition) is 1. The van der Waals surface area contributed by atoms with E-state index in [1.54, 1.807) is 16.7 Å². The molecule has 1 aromatic rings. The normalized spacial score (nSPS) is 24.9. The number of nitrogens with zero attached hydrogens (tertiary/aromatic N) is 1. The highest BCUT2D eigenvalue weighted by molar-refractivity contribution is 8.01. The van der Waals surface area contributed by atoms with E-state index < -0.39 is 0 Å². The van der Waals surface area contributed by atoms with Gasteiger partial charge in [-0.3, -0.25) is 4.79 Å². The van der Waals surface area contributed by atoms with Crippen LogP contribution in [-0.2, 0) is 10.2 Å². The van der Waals surface area contributed by atoms with E-state index in [9.17, 15) is 9.90 Å². The van der Waals surface area contributed by atoms with Crippen LogP contribution in [0.4, 0.5) is 5.69 Å². The minimum atomic E-state index is -0.0259. The second-order valence-corrected chi connectivity index (χ2v) is 6.66. The average Bonchev–Trinajstić information content (AvgIpc) is 3.16. The first kappa shape index (κ1) is 12.1. The van der Waals surface area contributed by atoms with E-state index in [4.69, 9.17) is 0 Å². The van der Waals surface area contributed by atoms with E-state index in [1.165, 1.54) is 5.56 Å². The summed E-state index contributed by atoms with van der Waals surface area (Å²) in [6, 6.07) is 6.22. The molecule has 0 aromatic heterocycles. The Kier molecular flexibility index (Phi) is 2.68. The van der Waals surface area contributed by atoms with Gasteiger partial charge < -0.3 is 10.0 Å². The van der Waals surface area contributed by atoms with Gasteiger partial charge >= 0.3 is 0 Å². The van der Waals surface area contributed by atoms with Crippen molar-refractivity contribution in [3.63, 3.8) is 0 Å². The van der Waals surface area contributed by atoms with Crippen molar-refractivity contribution in [2.75, 3.05) is 18.6 Å². The highest BCUT2D eigenvalue weighted by Crippen LogP contribution is 2.50. The summed E-state index contributed by atoms with van der Waals surface area (Å²) in [6.07, 6.45) is 2.13. The maximum absolute atomic E-state index is 11.9. The van der Waals surface area contributed by atoms with Gasteiger partial charge in [0.1, 0.15) is 0 Å². The highest BCUT2D eigenvalue weighted by Gasteiger charge is 2.44. The van der Waals surface area contributed by atoms with Crippen molar-refractivity contribution in [3.05, 3.63) is 23.8 Å². The number of thioether (sulfide) groups is 1. The van der Waals surface area contributed by atoms with Gasteiger partial charge in [0.05, 0.1) is 17.5 Å². The van der Waals surface area contributed by atoms with Crippen molar-refractivity contribution < 1.29 is 9.90 Å². The summed E-state index contributed by atoms with van der Waals surface area (Å²) >= 11 is 1.62. The fraction of sp³-hybridized carbons (Fsp3) is 0.500. The number of hydrogen-bond acceptors (Lipinski definition) is 3. The molecule has 0 saturated heterocycles. The van der Waals surface area contributed by atoms with Crippen LogP contribution in [0.5, 0.6) is 0 Å². The van der Waals surface area contributed by atoms with E-state index in [0.29, 0.717) is 0 Å². The zero-order valence-electron chi connectivity index (χ0n) is 10.6. The van der Waals surface area contributed by atoms with Gasteiger partial charge in [0.2, 0.25) is 5.91 Å². The van der Waals surface area contributed by atoms with Gasteiger partial charge in [-0.05, 0) is 37.5 Å². The Morgan fingerprint density at radius 2 is 2.22 bits per heavy atom. The van der Waals surface area contributed by atoms with Crippen LogP contribution in [0, 0.1) is 0 Å². The first-order chi connectivity index (χ1) is 8.57. The molecule has 1 atom stereocenters. The molecule has 96 valence electrons. The fourth-order valence-corrected chi connectivity index (χ4v) is 3.70. The average molecular weight is 263 g/mol. The molecule has 18 heavy (non-hydrogen) atoms. The summed E-state index contributed by atoms with van der Waals surface area (Å²) in [5, 5.41) is 9.46. The van der Waals surface area contributed by atoms with Crippen molar-refractivity contribution in [3.8, 4) is 0 Å². The van der Waals surface area contributed by atoms with Crippen molar-refractivity contribution >= 4 is 23.4 Å². The Balaban J connectivity index is 2.02. The van der Waals surface area contributed by atoms with Gasteiger partial charge in [-0.2, -0.15) is 0 Å². The lowest BCUT2D eigenvalue weighted by molar-refractivity contribution is -0.117. The second-order valence-electron chi connectivity index (χ2n) is 5.28. The molecule has 3 rings (SSSR count). The number of aliphatic hydroxyl groups is 1. The number of carbonyl (C=O) groups is 1. The van der Waals surface area contributed by atoms with Crippen LogP contribution in [-0.4, -0.2) is 29.9 Å². The van der Waals surface area contributed by atoms with Crippen molar-refractivity contribution in [2.24, 2.45) is 0 Å². The molecule has 0 radical (unpaired) electrons. The Labute approximate surface area is 111 Å². The van der Waals surface area contributed by atoms with Gasteiger partial charge in [0.15, 0.2) is 0 Å². The summed E-state index contributed by atoms with van der Waals surface area (Å²) < 4.78 is 0. The zero-order chi connectivity index (χ0) is 12.9. The fourth-order valence-electron chi connectivity index (χ4n) is 2.54. The van der Waals surface area contributed by atoms with Crippen LogP contribution in [0.2, 0.25) is 0 Å². The number of aliphatic hydroxyl groups excluding tert-OH is 1. The Bertz CT molecular complexity index is 511. The van der Waals surface area contributed by atoms with E-state index in [1.807, 2.05) is 20.0 Å². The Morgan fingerprint density at radius 3 is 2.83 bits per heavy atom. The van der Waals surface area contributed by atoms with Crippen molar-refractivity contribution in [2.45, 2.75) is 35.3 Å². The van der Waals surface area contributed by atoms with E-state index in [2.05, 4.69) is 12.1 Å². The van der Waals surface area contributed by atoms with Gasteiger partial charge in [0, 0.05) is 17.4 Å². The van der Waals surface area contributed by atoms with Crippen LogP contribution >= 0.6 is 11.8 Å². The second kappa shape index (κ2) is 4.00. The molecule has 1 unspecified atom stereocenters. The Hall–Kier alpha value is -1.00. The van der Waals surface area contributed by atoms with Crippen molar-refractivity contribution in [1.29, 1.82) is 0 Å². The smallest absolute Gasteiger partial charge is 0.239 e. The molecule has 1 heterocycles. The van der Waals surface area contributed by atoms with Gasteiger partial charge in [-0.1, -0.05) is 6.07 Å². The van der Waals surface area contributed by atoms with Crippen LogP contribution < -0.4 is 4.90 Å². The molecule has 1 amide bonds. The molecule has 0 spiro atoms. The summed E-state index contributed by atoms with van der Waals surface area (Å²) in [5.74, 6) is 0.156. The molecule has 2 aliphatic rings. The van der Waals surface area contributed by atoms with Gasteiger partial charge in [0.25, 0.3) is 0 Å². The molecule has 1 aliphatic carbocycles. The zero-order valence-corrected chi connectivity index (χ0v) is 11.5. The predicted molar refractivity (Wildman–Crippen MR) is 73.2 cm³/mol. The summed E-state index contributed by atoms with van der Waals surface area (Å²) in [7, 11) is 1.83. The molecule has 0 bridgehead atoms. The third-order valence-electron chi connectivity index (χ3n) is 4.07. The van der Waals surface area contributed by atoms with Crippen LogP contribution in [0.25, 0.3) is 0 Å². The number of fused-ring (bicyclic) bond motifs is 1. The van der Waals surface area contributed by atoms with E-state index in [-0.39, 0.29) is 23.2 Å². The van der Waals surface area contributed by atoms with Gasteiger partial charge in [-0.15, -0.1) is 11.8 Å². The van der Waals surface area contributed by atoms with Gasteiger partial charge in [-0.25, -0.2) is 0 Å². The third-order valence-corrected chi connectivity index (χ3v) is 5.21. The lowest BCUT2D eigenvalue weighted by atomic mass is 9.96. The summed E-state index contributed by atoms with van der Waals surface area (Å²) in [5.41, 5.74) is 2.20. The number of carbonyl (C=O) groups excluding carboxylic acids is 1. The van der Waals surface area contributed by atoms with Crippen LogP contribution in [0.15, 0.2) is 23.1 Å². The van der Waals surface area contributed by atoms with Crippen LogP contribution in [0.3, 0.4) is 0 Å².